The van der Waals surface area contributed by atoms with Gasteiger partial charge in [-0.1, -0.05) is 18.2 Å². The molecule has 0 saturated carbocycles. The number of amides is 1. The van der Waals surface area contributed by atoms with E-state index >= 15 is 0 Å². The summed E-state index contributed by atoms with van der Waals surface area (Å²) in [4.78, 5) is 28.4. The quantitative estimate of drug-likeness (QED) is 0.872. The monoisotopic (exact) mass is 316 g/mol. The maximum absolute atomic E-state index is 12.1. The Hall–Kier alpha value is -2.63. The molecule has 0 aliphatic carbocycles. The van der Waals surface area contributed by atoms with E-state index in [2.05, 4.69) is 10.3 Å². The summed E-state index contributed by atoms with van der Waals surface area (Å²) < 4.78 is 10.2. The van der Waals surface area contributed by atoms with E-state index in [0.717, 1.165) is 5.39 Å². The van der Waals surface area contributed by atoms with E-state index in [0.29, 0.717) is 5.52 Å². The number of hydrogen-bond acceptors (Lipinski definition) is 5. The molecule has 23 heavy (non-hydrogen) atoms. The topological polar surface area (TPSA) is 77.5 Å². The van der Waals surface area contributed by atoms with Gasteiger partial charge in [0, 0.05) is 5.39 Å². The van der Waals surface area contributed by atoms with Gasteiger partial charge in [-0.3, -0.25) is 5.32 Å². The van der Waals surface area contributed by atoms with Gasteiger partial charge in [-0.25, -0.2) is 14.6 Å². The van der Waals surface area contributed by atoms with Crippen molar-refractivity contribution in [2.45, 2.75) is 33.3 Å². The first kappa shape index (κ1) is 16.7. The number of aromatic nitrogens is 1. The molecule has 1 heterocycles. The van der Waals surface area contributed by atoms with Crippen LogP contribution >= 0.6 is 0 Å². The number of pyridine rings is 1. The third-order valence-corrected chi connectivity index (χ3v) is 2.84. The average molecular weight is 316 g/mol. The maximum atomic E-state index is 12.1. The number of fused-ring (bicyclic) bond motifs is 1. The SMILES string of the molecule is CCOC(=O)c1cc2ccccc2nc1NC(=O)OC(C)(C)C. The molecule has 6 nitrogen and oxygen atoms in total. The minimum Gasteiger partial charge on any atom is -0.462 e. The van der Waals surface area contributed by atoms with Gasteiger partial charge >= 0.3 is 12.1 Å². The van der Waals surface area contributed by atoms with E-state index in [1.54, 1.807) is 39.8 Å². The zero-order valence-electron chi connectivity index (χ0n) is 13.7. The lowest BCUT2D eigenvalue weighted by molar-refractivity contribution is 0.0527. The third-order valence-electron chi connectivity index (χ3n) is 2.84. The molecule has 0 aliphatic heterocycles. The summed E-state index contributed by atoms with van der Waals surface area (Å²) >= 11 is 0. The molecule has 0 radical (unpaired) electrons. The van der Waals surface area contributed by atoms with Crippen molar-refractivity contribution >= 4 is 28.8 Å². The van der Waals surface area contributed by atoms with Crippen LogP contribution in [0.15, 0.2) is 30.3 Å². The van der Waals surface area contributed by atoms with Gasteiger partial charge < -0.3 is 9.47 Å². The van der Waals surface area contributed by atoms with Gasteiger partial charge in [-0.15, -0.1) is 0 Å². The Kier molecular flexibility index (Phi) is 4.83. The lowest BCUT2D eigenvalue weighted by Crippen LogP contribution is -2.28. The highest BCUT2D eigenvalue weighted by Gasteiger charge is 2.21. The normalized spacial score (nSPS) is 11.1. The molecule has 1 aromatic carbocycles. The Morgan fingerprint density at radius 3 is 2.57 bits per heavy atom. The van der Waals surface area contributed by atoms with Crippen molar-refractivity contribution in [2.24, 2.45) is 0 Å². The molecule has 0 unspecified atom stereocenters. The summed E-state index contributed by atoms with van der Waals surface area (Å²) in [6.07, 6.45) is -0.675. The molecule has 0 aliphatic rings. The highest BCUT2D eigenvalue weighted by atomic mass is 16.6. The van der Waals surface area contributed by atoms with E-state index < -0.39 is 17.7 Å². The van der Waals surface area contributed by atoms with Gasteiger partial charge in [0.1, 0.15) is 11.2 Å². The Labute approximate surface area is 134 Å². The Morgan fingerprint density at radius 1 is 1.22 bits per heavy atom. The highest BCUT2D eigenvalue weighted by Crippen LogP contribution is 2.22. The van der Waals surface area contributed by atoms with Crippen LogP contribution in [0, 0.1) is 0 Å². The summed E-state index contributed by atoms with van der Waals surface area (Å²) in [6.45, 7) is 7.22. The highest BCUT2D eigenvalue weighted by molar-refractivity contribution is 6.02. The molecule has 2 aromatic rings. The second-order valence-electron chi connectivity index (χ2n) is 5.92. The van der Waals surface area contributed by atoms with Crippen LogP contribution in [0.1, 0.15) is 38.1 Å². The van der Waals surface area contributed by atoms with Gasteiger partial charge in [-0.05, 0) is 39.8 Å². The Bertz CT molecular complexity index is 735. The van der Waals surface area contributed by atoms with Crippen LogP contribution < -0.4 is 5.32 Å². The maximum Gasteiger partial charge on any atom is 0.413 e. The largest absolute Gasteiger partial charge is 0.462 e. The first-order valence-electron chi connectivity index (χ1n) is 7.37. The summed E-state index contributed by atoms with van der Waals surface area (Å²) in [6, 6.07) is 8.95. The lowest BCUT2D eigenvalue weighted by atomic mass is 10.1. The van der Waals surface area contributed by atoms with Crippen LogP contribution in [0.3, 0.4) is 0 Å². The molecule has 0 fully saturated rings. The first-order valence-corrected chi connectivity index (χ1v) is 7.37. The molecule has 1 aromatic heterocycles. The minimum absolute atomic E-state index is 0.122. The number of hydrogen-bond donors (Lipinski definition) is 1. The van der Waals surface area contributed by atoms with Gasteiger partial charge in [0.05, 0.1) is 12.1 Å². The van der Waals surface area contributed by atoms with Crippen LogP contribution in [0.2, 0.25) is 0 Å². The van der Waals surface area contributed by atoms with Crippen molar-refractivity contribution in [1.29, 1.82) is 0 Å². The molecule has 6 heteroatoms. The number of anilines is 1. The van der Waals surface area contributed by atoms with E-state index in [4.69, 9.17) is 9.47 Å². The molecule has 2 rings (SSSR count). The zero-order valence-corrected chi connectivity index (χ0v) is 13.7. The van der Waals surface area contributed by atoms with Crippen molar-refractivity contribution < 1.29 is 19.1 Å². The van der Waals surface area contributed by atoms with E-state index in [-0.39, 0.29) is 18.0 Å². The number of ether oxygens (including phenoxy) is 2. The molecular formula is C17H20N2O4. The lowest BCUT2D eigenvalue weighted by Gasteiger charge is -2.20. The van der Waals surface area contributed by atoms with E-state index in [1.165, 1.54) is 0 Å². The van der Waals surface area contributed by atoms with Crippen LogP contribution in [-0.2, 0) is 9.47 Å². The molecule has 122 valence electrons. The minimum atomic E-state index is -0.675. The van der Waals surface area contributed by atoms with Gasteiger partial charge in [0.2, 0.25) is 0 Å². The van der Waals surface area contributed by atoms with Crippen LogP contribution in [0.5, 0.6) is 0 Å². The third kappa shape index (κ3) is 4.42. The predicted molar refractivity (Wildman–Crippen MR) is 87.6 cm³/mol. The number of carbonyl (C=O) groups excluding carboxylic acids is 2. The van der Waals surface area contributed by atoms with E-state index in [1.807, 2.05) is 18.2 Å². The molecule has 0 atom stereocenters. The van der Waals surface area contributed by atoms with Crippen molar-refractivity contribution in [2.75, 3.05) is 11.9 Å². The van der Waals surface area contributed by atoms with Gasteiger partial charge in [-0.2, -0.15) is 0 Å². The number of para-hydroxylation sites is 1. The second kappa shape index (κ2) is 6.64. The van der Waals surface area contributed by atoms with Crippen molar-refractivity contribution in [3.8, 4) is 0 Å². The predicted octanol–water partition coefficient (Wildman–Crippen LogP) is 3.76. The summed E-state index contributed by atoms with van der Waals surface area (Å²) in [5.74, 6) is -0.423. The van der Waals surface area contributed by atoms with Crippen LogP contribution in [-0.4, -0.2) is 29.3 Å². The summed E-state index contributed by atoms with van der Waals surface area (Å²) in [5, 5.41) is 3.31. The molecule has 1 amide bonds. The zero-order chi connectivity index (χ0) is 17.0. The van der Waals surface area contributed by atoms with Crippen molar-refractivity contribution in [1.82, 2.24) is 4.98 Å². The smallest absolute Gasteiger partial charge is 0.413 e. The first-order chi connectivity index (χ1) is 10.8. The fraction of sp³-hybridized carbons (Fsp3) is 0.353. The standard InChI is InChI=1S/C17H20N2O4/c1-5-22-15(20)12-10-11-8-6-7-9-13(11)18-14(12)19-16(21)23-17(2,3)4/h6-10H,5H2,1-4H3,(H,18,19,21). The van der Waals surface area contributed by atoms with Gasteiger partial charge in [0.25, 0.3) is 0 Å². The molecular weight excluding hydrogens is 296 g/mol. The Morgan fingerprint density at radius 2 is 1.91 bits per heavy atom. The molecule has 1 N–H and O–H groups in total. The van der Waals surface area contributed by atoms with Gasteiger partial charge in [0.15, 0.2) is 5.82 Å². The number of nitrogens with zero attached hydrogens (tertiary/aromatic N) is 1. The Balaban J connectivity index is 2.40. The van der Waals surface area contributed by atoms with Crippen LogP contribution in [0.25, 0.3) is 10.9 Å². The molecule has 0 spiro atoms. The number of carbonyl (C=O) groups is 2. The molecule has 0 saturated heterocycles. The van der Waals surface area contributed by atoms with Crippen LogP contribution in [0.4, 0.5) is 10.6 Å². The van der Waals surface area contributed by atoms with Crippen molar-refractivity contribution in [3.63, 3.8) is 0 Å². The average Bonchev–Trinajstić information content (AvgIpc) is 2.44. The number of rotatable bonds is 3. The number of esters is 1. The summed E-state index contributed by atoms with van der Waals surface area (Å²) in [7, 11) is 0. The number of nitrogens with one attached hydrogen (secondary N) is 1. The van der Waals surface area contributed by atoms with Crippen molar-refractivity contribution in [3.05, 3.63) is 35.9 Å². The second-order valence-corrected chi connectivity index (χ2v) is 5.92. The fourth-order valence-electron chi connectivity index (χ4n) is 1.98. The molecule has 0 bridgehead atoms. The van der Waals surface area contributed by atoms with E-state index in [9.17, 15) is 9.59 Å². The summed E-state index contributed by atoms with van der Waals surface area (Å²) in [5.41, 5.74) is 0.202. The number of benzene rings is 1. The fourth-order valence-corrected chi connectivity index (χ4v) is 1.98.